The smallest absolute Gasteiger partial charge is 0.259 e. The number of rotatable bonds is 7. The summed E-state index contributed by atoms with van der Waals surface area (Å²) < 4.78 is 5.18. The molecule has 1 heterocycles. The predicted octanol–water partition coefficient (Wildman–Crippen LogP) is 5.80. The number of hydrogen-bond acceptors (Lipinski definition) is 6. The Labute approximate surface area is 211 Å². The molecule has 0 atom stereocenters. The Morgan fingerprint density at radius 1 is 0.833 bits per heavy atom. The van der Waals surface area contributed by atoms with Gasteiger partial charge in [0.25, 0.3) is 5.91 Å². The minimum atomic E-state index is -0.381. The number of nitrogens with one attached hydrogen (secondary N) is 2. The van der Waals surface area contributed by atoms with Crippen LogP contribution in [0.3, 0.4) is 0 Å². The van der Waals surface area contributed by atoms with Gasteiger partial charge >= 0.3 is 0 Å². The van der Waals surface area contributed by atoms with Crippen LogP contribution >= 0.6 is 11.3 Å². The van der Waals surface area contributed by atoms with Gasteiger partial charge in [-0.25, -0.2) is 0 Å². The third-order valence-electron chi connectivity index (χ3n) is 5.66. The largest absolute Gasteiger partial charge is 0.497 e. The van der Waals surface area contributed by atoms with E-state index in [0.717, 1.165) is 27.6 Å². The van der Waals surface area contributed by atoms with Gasteiger partial charge in [0.1, 0.15) is 10.8 Å². The fourth-order valence-electron chi connectivity index (χ4n) is 3.89. The van der Waals surface area contributed by atoms with Gasteiger partial charge in [-0.1, -0.05) is 65.9 Å². The fraction of sp³-hybridized carbons (Fsp3) is 0.0714. The first-order valence-corrected chi connectivity index (χ1v) is 12.1. The lowest BCUT2D eigenvalue weighted by Crippen LogP contribution is -2.19. The molecule has 7 nitrogen and oxygen atoms in total. The van der Waals surface area contributed by atoms with Gasteiger partial charge in [-0.3, -0.25) is 14.9 Å². The molecule has 0 fully saturated rings. The number of amides is 2. The zero-order valence-corrected chi connectivity index (χ0v) is 20.2. The first-order valence-electron chi connectivity index (χ1n) is 11.3. The summed E-state index contributed by atoms with van der Waals surface area (Å²) >= 11 is 1.26. The third-order valence-corrected chi connectivity index (χ3v) is 6.55. The van der Waals surface area contributed by atoms with Gasteiger partial charge in [0.2, 0.25) is 11.0 Å². The van der Waals surface area contributed by atoms with Crippen LogP contribution in [0, 0.1) is 0 Å². The lowest BCUT2D eigenvalue weighted by molar-refractivity contribution is -0.115. The van der Waals surface area contributed by atoms with Crippen molar-refractivity contribution < 1.29 is 14.3 Å². The minimum absolute atomic E-state index is 0.193. The lowest BCUT2D eigenvalue weighted by Gasteiger charge is -2.11. The van der Waals surface area contributed by atoms with Crippen LogP contribution in [-0.2, 0) is 11.2 Å². The Morgan fingerprint density at radius 3 is 2.42 bits per heavy atom. The molecule has 0 radical (unpaired) electrons. The van der Waals surface area contributed by atoms with Crippen LogP contribution in [0.4, 0.5) is 10.8 Å². The van der Waals surface area contributed by atoms with Gasteiger partial charge in [-0.15, -0.1) is 10.2 Å². The van der Waals surface area contributed by atoms with E-state index in [2.05, 4.69) is 20.8 Å². The number of hydrogen-bond donors (Lipinski definition) is 2. The van der Waals surface area contributed by atoms with Gasteiger partial charge in [-0.2, -0.15) is 0 Å². The Balaban J connectivity index is 1.29. The SMILES string of the molecule is COc1ccc(-c2nnc(NC(=O)c3ccccc3NC(=O)Cc3cccc4ccccc34)s2)cc1. The summed E-state index contributed by atoms with van der Waals surface area (Å²) in [4.78, 5) is 25.9. The van der Waals surface area contributed by atoms with E-state index in [0.29, 0.717) is 21.4 Å². The second-order valence-electron chi connectivity index (χ2n) is 8.00. The number of nitrogens with zero attached hydrogens (tertiary/aromatic N) is 2. The van der Waals surface area contributed by atoms with Crippen LogP contribution in [0.2, 0.25) is 0 Å². The molecule has 5 rings (SSSR count). The Morgan fingerprint density at radius 2 is 1.58 bits per heavy atom. The van der Waals surface area contributed by atoms with Gasteiger partial charge in [0.15, 0.2) is 0 Å². The molecular formula is C28H22N4O3S. The molecule has 0 saturated carbocycles. The van der Waals surface area contributed by atoms with Crippen LogP contribution in [0.1, 0.15) is 15.9 Å². The van der Waals surface area contributed by atoms with Crippen molar-refractivity contribution in [1.82, 2.24) is 10.2 Å². The number of methoxy groups -OCH3 is 1. The summed E-state index contributed by atoms with van der Waals surface area (Å²) in [5.41, 5.74) is 2.56. The average molecular weight is 495 g/mol. The first kappa shape index (κ1) is 23.2. The van der Waals surface area contributed by atoms with Crippen molar-refractivity contribution in [1.29, 1.82) is 0 Å². The monoisotopic (exact) mass is 494 g/mol. The van der Waals surface area contributed by atoms with E-state index in [4.69, 9.17) is 4.74 Å². The number of ether oxygens (including phenoxy) is 1. The average Bonchev–Trinajstić information content (AvgIpc) is 3.37. The van der Waals surface area contributed by atoms with Gasteiger partial charge in [-0.05, 0) is 52.7 Å². The number of anilines is 2. The molecule has 36 heavy (non-hydrogen) atoms. The number of fused-ring (bicyclic) bond motifs is 1. The molecule has 0 aliphatic heterocycles. The van der Waals surface area contributed by atoms with Crippen molar-refractivity contribution in [2.45, 2.75) is 6.42 Å². The summed E-state index contributed by atoms with van der Waals surface area (Å²) in [5, 5.41) is 17.1. The summed E-state index contributed by atoms with van der Waals surface area (Å²) in [6, 6.07) is 28.2. The molecule has 0 unspecified atom stereocenters. The summed E-state index contributed by atoms with van der Waals surface area (Å²) in [5.74, 6) is 0.161. The quantitative estimate of drug-likeness (QED) is 0.298. The van der Waals surface area contributed by atoms with E-state index in [1.807, 2.05) is 66.7 Å². The minimum Gasteiger partial charge on any atom is -0.497 e. The number of carbonyl (C=O) groups excluding carboxylic acids is 2. The molecule has 0 bridgehead atoms. The molecule has 0 spiro atoms. The molecule has 0 saturated heterocycles. The van der Waals surface area contributed by atoms with E-state index in [1.54, 1.807) is 31.4 Å². The Kier molecular flexibility index (Phi) is 6.68. The van der Waals surface area contributed by atoms with Gasteiger partial charge in [0, 0.05) is 5.56 Å². The second kappa shape index (κ2) is 10.4. The van der Waals surface area contributed by atoms with Crippen molar-refractivity contribution in [3.63, 3.8) is 0 Å². The highest BCUT2D eigenvalue weighted by Crippen LogP contribution is 2.28. The lowest BCUT2D eigenvalue weighted by atomic mass is 10.0. The van der Waals surface area contributed by atoms with Crippen molar-refractivity contribution in [2.24, 2.45) is 0 Å². The van der Waals surface area contributed by atoms with Crippen molar-refractivity contribution in [3.05, 3.63) is 102 Å². The number of para-hydroxylation sites is 1. The van der Waals surface area contributed by atoms with Crippen LogP contribution < -0.4 is 15.4 Å². The second-order valence-corrected chi connectivity index (χ2v) is 8.98. The third kappa shape index (κ3) is 5.08. The van der Waals surface area contributed by atoms with E-state index in [1.165, 1.54) is 11.3 Å². The van der Waals surface area contributed by atoms with Crippen LogP contribution in [-0.4, -0.2) is 29.1 Å². The maximum absolute atomic E-state index is 13.0. The zero-order chi connectivity index (χ0) is 24.9. The highest BCUT2D eigenvalue weighted by molar-refractivity contribution is 7.18. The molecule has 1 aromatic heterocycles. The Hall–Kier alpha value is -4.56. The van der Waals surface area contributed by atoms with E-state index < -0.39 is 0 Å². The highest BCUT2D eigenvalue weighted by atomic mass is 32.1. The number of benzene rings is 4. The van der Waals surface area contributed by atoms with Gasteiger partial charge in [0.05, 0.1) is 24.8 Å². The maximum Gasteiger partial charge on any atom is 0.259 e. The van der Waals surface area contributed by atoms with E-state index >= 15 is 0 Å². The molecule has 8 heteroatoms. The molecule has 2 N–H and O–H groups in total. The molecule has 4 aromatic carbocycles. The summed E-state index contributed by atoms with van der Waals surface area (Å²) in [6.07, 6.45) is 0.193. The standard InChI is InChI=1S/C28H22N4O3S/c1-35-21-15-13-19(14-16-21)27-31-32-28(36-27)30-26(34)23-11-4-5-12-24(23)29-25(33)17-20-9-6-8-18-7-2-3-10-22(18)20/h2-16H,17H2,1H3,(H,29,33)(H,30,32,34). The van der Waals surface area contributed by atoms with Crippen LogP contribution in [0.15, 0.2) is 91.0 Å². The molecular weight excluding hydrogens is 472 g/mol. The maximum atomic E-state index is 13.0. The normalized spacial score (nSPS) is 10.7. The van der Waals surface area contributed by atoms with E-state index in [-0.39, 0.29) is 18.2 Å². The highest BCUT2D eigenvalue weighted by Gasteiger charge is 2.16. The number of carbonyl (C=O) groups is 2. The summed E-state index contributed by atoms with van der Waals surface area (Å²) in [7, 11) is 1.61. The zero-order valence-electron chi connectivity index (χ0n) is 19.4. The van der Waals surface area contributed by atoms with Crippen LogP contribution in [0.25, 0.3) is 21.3 Å². The van der Waals surface area contributed by atoms with Gasteiger partial charge < -0.3 is 10.1 Å². The fourth-order valence-corrected chi connectivity index (χ4v) is 4.64. The first-order chi connectivity index (χ1) is 17.6. The molecule has 5 aromatic rings. The molecule has 0 aliphatic rings. The topological polar surface area (TPSA) is 93.2 Å². The molecule has 178 valence electrons. The molecule has 2 amide bonds. The Bertz CT molecular complexity index is 1540. The summed E-state index contributed by atoms with van der Waals surface area (Å²) in [6.45, 7) is 0. The number of aromatic nitrogens is 2. The van der Waals surface area contributed by atoms with Crippen molar-refractivity contribution in [3.8, 4) is 16.3 Å². The molecule has 0 aliphatic carbocycles. The van der Waals surface area contributed by atoms with E-state index in [9.17, 15) is 9.59 Å². The van der Waals surface area contributed by atoms with Crippen molar-refractivity contribution >= 4 is 44.7 Å². The van der Waals surface area contributed by atoms with Crippen LogP contribution in [0.5, 0.6) is 5.75 Å². The van der Waals surface area contributed by atoms with Crippen molar-refractivity contribution in [2.75, 3.05) is 17.7 Å². The predicted molar refractivity (Wildman–Crippen MR) is 143 cm³/mol.